The monoisotopic (exact) mass is 489 g/mol. The van der Waals surface area contributed by atoms with Crippen molar-refractivity contribution in [3.05, 3.63) is 84.0 Å². The molecule has 0 saturated heterocycles. The van der Waals surface area contributed by atoms with Crippen molar-refractivity contribution in [1.29, 1.82) is 0 Å². The summed E-state index contributed by atoms with van der Waals surface area (Å²) in [4.78, 5) is 8.53. The Balaban J connectivity index is 1.46. The number of benzene rings is 2. The molecule has 2 N–H and O–H groups in total. The van der Waals surface area contributed by atoms with Gasteiger partial charge in [-0.15, -0.1) is 0 Å². The number of rotatable bonds is 5. The predicted molar refractivity (Wildman–Crippen MR) is 119 cm³/mol. The highest BCUT2D eigenvalue weighted by molar-refractivity contribution is 5.75. The molecule has 2 aromatic carbocycles. The Morgan fingerprint density at radius 3 is 2.34 bits per heavy atom. The van der Waals surface area contributed by atoms with Crippen molar-refractivity contribution in [1.82, 2.24) is 14.4 Å². The smallest absolute Gasteiger partial charge is 0.352 e. The quantitative estimate of drug-likeness (QED) is 0.292. The van der Waals surface area contributed by atoms with E-state index in [-0.39, 0.29) is 17.2 Å². The minimum Gasteiger partial charge on any atom is -0.352 e. The third-order valence-electron chi connectivity index (χ3n) is 5.45. The molecule has 0 spiro atoms. The molecular formula is C24H17F6N5. The van der Waals surface area contributed by atoms with E-state index in [1.54, 1.807) is 34.9 Å². The lowest BCUT2D eigenvalue weighted by atomic mass is 10.1. The molecule has 2 heterocycles. The van der Waals surface area contributed by atoms with E-state index in [0.29, 0.717) is 35.3 Å². The van der Waals surface area contributed by atoms with Gasteiger partial charge in [0.05, 0.1) is 17.5 Å². The number of imidazole rings is 1. The number of nitrogens with zero attached hydrogens (tertiary/aromatic N) is 3. The lowest BCUT2D eigenvalue weighted by Gasteiger charge is -2.15. The fraction of sp³-hybridized carbons (Fsp3) is 0.167. The minimum absolute atomic E-state index is 0.184. The Labute approximate surface area is 195 Å². The lowest BCUT2D eigenvalue weighted by molar-refractivity contribution is -0.137. The van der Waals surface area contributed by atoms with Gasteiger partial charge < -0.3 is 10.6 Å². The number of halogens is 6. The first-order valence-corrected chi connectivity index (χ1v) is 10.5. The minimum atomic E-state index is -4.49. The highest BCUT2D eigenvalue weighted by Crippen LogP contribution is 2.40. The van der Waals surface area contributed by atoms with Crippen LogP contribution < -0.4 is 10.6 Å². The average molecular weight is 489 g/mol. The zero-order valence-corrected chi connectivity index (χ0v) is 17.9. The summed E-state index contributed by atoms with van der Waals surface area (Å²) in [6, 6.07) is 11.2. The zero-order chi connectivity index (χ0) is 24.8. The summed E-state index contributed by atoms with van der Waals surface area (Å²) < 4.78 is 80.9. The largest absolute Gasteiger partial charge is 0.431 e. The third kappa shape index (κ3) is 4.79. The number of aromatic nitrogens is 3. The highest BCUT2D eigenvalue weighted by Gasteiger charge is 2.39. The summed E-state index contributed by atoms with van der Waals surface area (Å²) in [6.45, 7) is 0. The highest BCUT2D eigenvalue weighted by atomic mass is 19.4. The van der Waals surface area contributed by atoms with Crippen LogP contribution in [-0.2, 0) is 6.18 Å². The standard InChI is InChI=1S/C24H17F6N5/c25-23(26,27)16-4-2-6-18(12-16)34-21-22-32-13-19(35(22)10-9-31-21)15-3-1-5-17(11-15)33-20(14-7-8-14)24(28,29)30/h1-6,9-13,33H,7-8H2,(H,31,34). The Bertz CT molecular complexity index is 1430. The SMILES string of the molecule is FC(F)(F)C(Nc1cccc(-c2cnc3c(Nc4cccc(C(F)(F)F)c4)nccn23)c1)=C1CC1. The second-order valence-corrected chi connectivity index (χ2v) is 8.00. The maximum atomic E-state index is 13.4. The van der Waals surface area contributed by atoms with Crippen LogP contribution in [0.4, 0.5) is 43.5 Å². The van der Waals surface area contributed by atoms with Crippen molar-refractivity contribution in [3.63, 3.8) is 0 Å². The van der Waals surface area contributed by atoms with Gasteiger partial charge >= 0.3 is 12.4 Å². The molecule has 0 unspecified atom stereocenters. The summed E-state index contributed by atoms with van der Waals surface area (Å²) in [5, 5.41) is 5.36. The van der Waals surface area contributed by atoms with Crippen LogP contribution in [0, 0.1) is 0 Å². The third-order valence-corrected chi connectivity index (χ3v) is 5.45. The van der Waals surface area contributed by atoms with Crippen LogP contribution in [0.1, 0.15) is 18.4 Å². The predicted octanol–water partition coefficient (Wildman–Crippen LogP) is 7.18. The summed E-state index contributed by atoms with van der Waals surface area (Å²) in [7, 11) is 0. The van der Waals surface area contributed by atoms with E-state index >= 15 is 0 Å². The van der Waals surface area contributed by atoms with E-state index in [1.807, 2.05) is 0 Å². The van der Waals surface area contributed by atoms with Crippen LogP contribution in [0.25, 0.3) is 16.9 Å². The van der Waals surface area contributed by atoms with Gasteiger partial charge in [0.2, 0.25) is 0 Å². The molecule has 11 heteroatoms. The van der Waals surface area contributed by atoms with E-state index in [9.17, 15) is 26.3 Å². The molecule has 0 amide bonds. The zero-order valence-electron chi connectivity index (χ0n) is 17.9. The first-order chi connectivity index (χ1) is 16.6. The molecule has 1 aliphatic carbocycles. The Hall–Kier alpha value is -4.02. The van der Waals surface area contributed by atoms with E-state index in [2.05, 4.69) is 20.6 Å². The van der Waals surface area contributed by atoms with Crippen LogP contribution in [0.5, 0.6) is 0 Å². The Kier molecular flexibility index (Phi) is 5.42. The van der Waals surface area contributed by atoms with Crippen molar-refractivity contribution in [2.75, 3.05) is 10.6 Å². The first-order valence-electron chi connectivity index (χ1n) is 10.5. The first kappa shape index (κ1) is 22.8. The van der Waals surface area contributed by atoms with Gasteiger partial charge in [-0.3, -0.25) is 4.40 Å². The van der Waals surface area contributed by atoms with Crippen LogP contribution >= 0.6 is 0 Å². The lowest BCUT2D eigenvalue weighted by Crippen LogP contribution is -2.19. The number of anilines is 3. The van der Waals surface area contributed by atoms with E-state index < -0.39 is 23.6 Å². The fourth-order valence-electron chi connectivity index (χ4n) is 3.70. The van der Waals surface area contributed by atoms with Gasteiger partial charge in [0.15, 0.2) is 11.5 Å². The van der Waals surface area contributed by atoms with Crippen LogP contribution in [0.15, 0.2) is 78.4 Å². The second kappa shape index (κ2) is 8.33. The molecule has 2 aromatic heterocycles. The molecule has 0 radical (unpaired) electrons. The summed E-state index contributed by atoms with van der Waals surface area (Å²) >= 11 is 0. The topological polar surface area (TPSA) is 54.2 Å². The molecule has 0 bridgehead atoms. The summed E-state index contributed by atoms with van der Waals surface area (Å²) in [6.07, 6.45) is -3.53. The van der Waals surface area contributed by atoms with E-state index in [1.165, 1.54) is 24.5 Å². The van der Waals surface area contributed by atoms with Gasteiger partial charge in [-0.1, -0.05) is 18.2 Å². The molecule has 1 aliphatic rings. The normalized spacial score (nSPS) is 13.7. The number of hydrogen-bond acceptors (Lipinski definition) is 4. The van der Waals surface area contributed by atoms with Gasteiger partial charge in [-0.2, -0.15) is 26.3 Å². The van der Waals surface area contributed by atoms with Crippen molar-refractivity contribution in [3.8, 4) is 11.3 Å². The molecule has 4 aromatic rings. The molecule has 1 fully saturated rings. The van der Waals surface area contributed by atoms with Gasteiger partial charge in [-0.05, 0) is 48.7 Å². The maximum Gasteiger partial charge on any atom is 0.431 e. The van der Waals surface area contributed by atoms with Crippen LogP contribution in [-0.4, -0.2) is 20.5 Å². The number of alkyl halides is 6. The summed E-state index contributed by atoms with van der Waals surface area (Å²) in [5.41, 5.74) is 0.784. The van der Waals surface area contributed by atoms with Crippen molar-refractivity contribution >= 4 is 22.8 Å². The maximum absolute atomic E-state index is 13.4. The molecule has 0 atom stereocenters. The van der Waals surface area contributed by atoms with Crippen LogP contribution in [0.3, 0.4) is 0 Å². The molecule has 180 valence electrons. The number of hydrogen-bond donors (Lipinski definition) is 2. The molecular weight excluding hydrogens is 472 g/mol. The van der Waals surface area contributed by atoms with Gasteiger partial charge in [0.1, 0.15) is 5.70 Å². The molecule has 0 aliphatic heterocycles. The molecule has 5 nitrogen and oxygen atoms in total. The van der Waals surface area contributed by atoms with Crippen LogP contribution in [0.2, 0.25) is 0 Å². The van der Waals surface area contributed by atoms with Crippen molar-refractivity contribution in [2.24, 2.45) is 0 Å². The van der Waals surface area contributed by atoms with E-state index in [4.69, 9.17) is 0 Å². The molecule has 5 rings (SSSR count). The Morgan fingerprint density at radius 2 is 1.63 bits per heavy atom. The van der Waals surface area contributed by atoms with Crippen molar-refractivity contribution < 1.29 is 26.3 Å². The fourth-order valence-corrected chi connectivity index (χ4v) is 3.70. The number of fused-ring (bicyclic) bond motifs is 1. The Morgan fingerprint density at radius 1 is 0.886 bits per heavy atom. The second-order valence-electron chi connectivity index (χ2n) is 8.00. The number of allylic oxidation sites excluding steroid dienone is 2. The summed E-state index contributed by atoms with van der Waals surface area (Å²) in [5.74, 6) is 0.227. The average Bonchev–Trinajstić information content (AvgIpc) is 3.54. The van der Waals surface area contributed by atoms with Gasteiger partial charge in [0.25, 0.3) is 0 Å². The number of nitrogens with one attached hydrogen (secondary N) is 2. The molecule has 1 saturated carbocycles. The van der Waals surface area contributed by atoms with Gasteiger partial charge in [0, 0.05) is 29.3 Å². The van der Waals surface area contributed by atoms with Crippen molar-refractivity contribution in [2.45, 2.75) is 25.2 Å². The van der Waals surface area contributed by atoms with E-state index in [0.717, 1.165) is 12.1 Å². The molecule has 35 heavy (non-hydrogen) atoms. The van der Waals surface area contributed by atoms with Gasteiger partial charge in [-0.25, -0.2) is 9.97 Å².